The molecule has 2 N–H and O–H groups in total. The van der Waals surface area contributed by atoms with E-state index in [9.17, 15) is 14.3 Å². The van der Waals surface area contributed by atoms with E-state index in [4.69, 9.17) is 4.89 Å². The van der Waals surface area contributed by atoms with Crippen molar-refractivity contribution in [2.75, 3.05) is 6.61 Å². The van der Waals surface area contributed by atoms with Crippen molar-refractivity contribution in [2.24, 2.45) is 5.92 Å². The zero-order valence-corrected chi connectivity index (χ0v) is 10.9. The van der Waals surface area contributed by atoms with E-state index in [2.05, 4.69) is 9.84 Å². The van der Waals surface area contributed by atoms with Crippen molar-refractivity contribution in [3.63, 3.8) is 0 Å². The Morgan fingerprint density at radius 3 is 2.25 bits per heavy atom. The topological polar surface area (TPSA) is 98.7 Å². The zero-order chi connectivity index (χ0) is 12.9. The fraction of sp³-hybridized carbons (Fsp3) is 0.889. The third-order valence-electron chi connectivity index (χ3n) is 1.85. The van der Waals surface area contributed by atoms with E-state index in [1.165, 1.54) is 0 Å². The molecule has 7 heteroatoms. The molecular formula is C9H19NO5P-. The van der Waals surface area contributed by atoms with E-state index >= 15 is 0 Å². The number of carbonyl (C=O) groups excluding carboxylic acids is 1. The van der Waals surface area contributed by atoms with Crippen LogP contribution in [-0.2, 0) is 13.9 Å². The SMILES string of the molecule is CC(C)N[C@@H](COP(=O)([O-])O)C(=O)C(C)C. The van der Waals surface area contributed by atoms with E-state index < -0.39 is 13.9 Å². The molecule has 0 saturated heterocycles. The van der Waals surface area contributed by atoms with Gasteiger partial charge in [0.25, 0.3) is 7.82 Å². The summed E-state index contributed by atoms with van der Waals surface area (Å²) in [4.78, 5) is 30.6. The van der Waals surface area contributed by atoms with Gasteiger partial charge in [0.05, 0.1) is 12.6 Å². The Labute approximate surface area is 95.6 Å². The lowest BCUT2D eigenvalue weighted by molar-refractivity contribution is -0.220. The quantitative estimate of drug-likeness (QED) is 0.621. The van der Waals surface area contributed by atoms with E-state index in [0.717, 1.165) is 0 Å². The van der Waals surface area contributed by atoms with Crippen LogP contribution in [0, 0.1) is 5.92 Å². The molecular weight excluding hydrogens is 233 g/mol. The summed E-state index contributed by atoms with van der Waals surface area (Å²) in [5, 5.41) is 2.89. The average molecular weight is 252 g/mol. The highest BCUT2D eigenvalue weighted by Gasteiger charge is 2.23. The highest BCUT2D eigenvalue weighted by atomic mass is 31.2. The first-order valence-electron chi connectivity index (χ1n) is 5.11. The van der Waals surface area contributed by atoms with Crippen LogP contribution in [-0.4, -0.2) is 29.4 Å². The van der Waals surface area contributed by atoms with Crippen molar-refractivity contribution in [3.8, 4) is 0 Å². The lowest BCUT2D eigenvalue weighted by Crippen LogP contribution is -2.45. The monoisotopic (exact) mass is 252 g/mol. The van der Waals surface area contributed by atoms with E-state index in [1.54, 1.807) is 13.8 Å². The average Bonchev–Trinajstić information content (AvgIpc) is 2.08. The molecule has 0 radical (unpaired) electrons. The predicted octanol–water partition coefficient (Wildman–Crippen LogP) is 0.0554. The van der Waals surface area contributed by atoms with Gasteiger partial charge >= 0.3 is 0 Å². The minimum atomic E-state index is -4.78. The maximum atomic E-state index is 11.7. The molecule has 1 unspecified atom stereocenters. The summed E-state index contributed by atoms with van der Waals surface area (Å²) in [6.07, 6.45) is 0. The number of rotatable bonds is 7. The van der Waals surface area contributed by atoms with Gasteiger partial charge < -0.3 is 19.6 Å². The molecule has 0 bridgehead atoms. The van der Waals surface area contributed by atoms with Crippen LogP contribution in [0.25, 0.3) is 0 Å². The van der Waals surface area contributed by atoms with Crippen LogP contribution in [0.4, 0.5) is 0 Å². The molecule has 0 spiro atoms. The molecule has 2 atom stereocenters. The normalized spacial score (nSPS) is 17.5. The first-order valence-corrected chi connectivity index (χ1v) is 6.61. The Hall–Kier alpha value is -0.260. The molecule has 0 aromatic rings. The summed E-state index contributed by atoms with van der Waals surface area (Å²) in [6.45, 7) is 6.71. The summed E-state index contributed by atoms with van der Waals surface area (Å²) in [5.74, 6) is -0.383. The Morgan fingerprint density at radius 2 is 1.94 bits per heavy atom. The number of hydrogen-bond acceptors (Lipinski definition) is 5. The first kappa shape index (κ1) is 15.7. The Kier molecular flexibility index (Phi) is 6.36. The number of hydrogen-bond donors (Lipinski definition) is 2. The number of Topliss-reactive ketones (excluding diaryl/α,β-unsaturated/α-hetero) is 1. The second-order valence-electron chi connectivity index (χ2n) is 4.20. The molecule has 0 fully saturated rings. The minimum absolute atomic E-state index is 0.0148. The number of phosphoric acid groups is 1. The van der Waals surface area contributed by atoms with Crippen LogP contribution in [0.3, 0.4) is 0 Å². The van der Waals surface area contributed by atoms with Crippen LogP contribution < -0.4 is 10.2 Å². The zero-order valence-electron chi connectivity index (χ0n) is 9.97. The molecule has 0 aromatic carbocycles. The number of phosphoric ester groups is 1. The van der Waals surface area contributed by atoms with Crippen molar-refractivity contribution in [1.82, 2.24) is 5.32 Å². The standard InChI is InChI=1S/C9H20NO5P/c1-6(2)9(11)8(10-7(3)4)5-15-16(12,13)14/h6-8,10H,5H2,1-4H3,(H2,12,13,14)/p-1/t8-/m0/s1. The molecule has 0 aliphatic rings. The highest BCUT2D eigenvalue weighted by Crippen LogP contribution is 2.30. The molecule has 0 aliphatic carbocycles. The van der Waals surface area contributed by atoms with Crippen LogP contribution in [0.2, 0.25) is 0 Å². The summed E-state index contributed by atoms with van der Waals surface area (Å²) in [7, 11) is -4.78. The van der Waals surface area contributed by atoms with E-state index in [0.29, 0.717) is 0 Å². The van der Waals surface area contributed by atoms with Crippen LogP contribution >= 0.6 is 7.82 Å². The fourth-order valence-corrected chi connectivity index (χ4v) is 1.52. The van der Waals surface area contributed by atoms with Gasteiger partial charge in [0.15, 0.2) is 5.78 Å². The molecule has 0 rings (SSSR count). The molecule has 6 nitrogen and oxygen atoms in total. The number of nitrogens with one attached hydrogen (secondary N) is 1. The van der Waals surface area contributed by atoms with Crippen molar-refractivity contribution < 1.29 is 23.7 Å². The largest absolute Gasteiger partial charge is 0.756 e. The molecule has 0 amide bonds. The van der Waals surface area contributed by atoms with Gasteiger partial charge in [0, 0.05) is 12.0 Å². The molecule has 0 saturated carbocycles. The lowest BCUT2D eigenvalue weighted by Gasteiger charge is -2.24. The second-order valence-corrected chi connectivity index (χ2v) is 5.39. The van der Waals surface area contributed by atoms with Crippen molar-refractivity contribution in [1.29, 1.82) is 0 Å². The summed E-state index contributed by atoms with van der Waals surface area (Å²) < 4.78 is 14.7. The van der Waals surface area contributed by atoms with Gasteiger partial charge in [-0.2, -0.15) is 0 Å². The van der Waals surface area contributed by atoms with Crippen molar-refractivity contribution in [2.45, 2.75) is 39.8 Å². The summed E-state index contributed by atoms with van der Waals surface area (Å²) in [6, 6.07) is -0.713. The van der Waals surface area contributed by atoms with Gasteiger partial charge in [-0.15, -0.1) is 0 Å². The van der Waals surface area contributed by atoms with Gasteiger partial charge in [-0.1, -0.05) is 27.7 Å². The van der Waals surface area contributed by atoms with Gasteiger partial charge in [-0.25, -0.2) is 0 Å². The van der Waals surface area contributed by atoms with E-state index in [-0.39, 0.29) is 24.3 Å². The molecule has 16 heavy (non-hydrogen) atoms. The number of carbonyl (C=O) groups is 1. The molecule has 96 valence electrons. The van der Waals surface area contributed by atoms with Crippen molar-refractivity contribution >= 4 is 13.6 Å². The van der Waals surface area contributed by atoms with Gasteiger partial charge in [-0.3, -0.25) is 9.36 Å². The van der Waals surface area contributed by atoms with Gasteiger partial charge in [0.2, 0.25) is 0 Å². The van der Waals surface area contributed by atoms with Crippen molar-refractivity contribution in [3.05, 3.63) is 0 Å². The molecule has 0 heterocycles. The number of ketones is 1. The van der Waals surface area contributed by atoms with Crippen LogP contribution in [0.5, 0.6) is 0 Å². The van der Waals surface area contributed by atoms with Crippen LogP contribution in [0.1, 0.15) is 27.7 Å². The smallest absolute Gasteiger partial charge is 0.265 e. The Balaban J connectivity index is 4.44. The Morgan fingerprint density at radius 1 is 1.44 bits per heavy atom. The first-order chi connectivity index (χ1) is 7.13. The van der Waals surface area contributed by atoms with Gasteiger partial charge in [0.1, 0.15) is 0 Å². The highest BCUT2D eigenvalue weighted by molar-refractivity contribution is 7.44. The molecule has 0 aliphatic heterocycles. The third-order valence-corrected chi connectivity index (χ3v) is 2.33. The minimum Gasteiger partial charge on any atom is -0.756 e. The lowest BCUT2D eigenvalue weighted by atomic mass is 10.0. The second kappa shape index (κ2) is 6.47. The maximum Gasteiger partial charge on any atom is 0.265 e. The fourth-order valence-electron chi connectivity index (χ4n) is 1.19. The molecule has 0 aromatic heterocycles. The maximum absolute atomic E-state index is 11.7. The van der Waals surface area contributed by atoms with E-state index in [1.807, 2.05) is 13.8 Å². The van der Waals surface area contributed by atoms with Crippen LogP contribution in [0.15, 0.2) is 0 Å². The third kappa shape index (κ3) is 7.09. The predicted molar refractivity (Wildman–Crippen MR) is 57.7 cm³/mol. The Bertz CT molecular complexity index is 273. The summed E-state index contributed by atoms with van der Waals surface area (Å²) >= 11 is 0. The summed E-state index contributed by atoms with van der Waals surface area (Å²) in [5.41, 5.74) is 0. The van der Waals surface area contributed by atoms with Gasteiger partial charge in [-0.05, 0) is 0 Å².